The van der Waals surface area contributed by atoms with Crippen LogP contribution in [0.15, 0.2) is 58.3 Å². The molecule has 0 fully saturated rings. The molecular weight excluding hydrogens is 442 g/mol. The molecule has 0 saturated carbocycles. The van der Waals surface area contributed by atoms with Crippen molar-refractivity contribution in [2.45, 2.75) is 87.8 Å². The minimum Gasteiger partial charge on any atom is -0.280 e. The molecule has 0 aromatic heterocycles. The molecule has 0 unspecified atom stereocenters. The van der Waals surface area contributed by atoms with Crippen LogP contribution in [0.5, 0.6) is 0 Å². The van der Waals surface area contributed by atoms with E-state index in [4.69, 9.17) is 0 Å². The van der Waals surface area contributed by atoms with Crippen LogP contribution in [0.4, 0.5) is 5.69 Å². The number of nitrogens with one attached hydrogen (secondary N) is 1. The second-order valence-electron chi connectivity index (χ2n) is 8.40. The molecule has 1 N–H and O–H groups in total. The van der Waals surface area contributed by atoms with Crippen molar-refractivity contribution in [3.63, 3.8) is 0 Å². The molecule has 0 aliphatic carbocycles. The van der Waals surface area contributed by atoms with Gasteiger partial charge in [0, 0.05) is 5.69 Å². The van der Waals surface area contributed by atoms with E-state index in [1.807, 2.05) is 0 Å². The first kappa shape index (κ1) is 26.4. The molecule has 0 spiro atoms. The standard InChI is InChI=1S/C25H37NO4S2/c1-3-4-5-6-7-8-9-10-11-15-20-31(27,28)25-19-18-24(21-22(25)2)32(29,30)26-23-16-13-12-14-17-23/h12-14,16-19,21,26H,3-11,15,20H2,1-2H3. The molecule has 178 valence electrons. The van der Waals surface area contributed by atoms with Crippen LogP contribution in [-0.2, 0) is 19.9 Å². The van der Waals surface area contributed by atoms with Crippen molar-refractivity contribution in [3.05, 3.63) is 54.1 Å². The number of hydrogen-bond acceptors (Lipinski definition) is 4. The number of unbranched alkanes of at least 4 members (excludes halogenated alkanes) is 9. The van der Waals surface area contributed by atoms with Crippen LogP contribution in [0.3, 0.4) is 0 Å². The zero-order valence-corrected chi connectivity index (χ0v) is 21.0. The zero-order valence-electron chi connectivity index (χ0n) is 19.3. The third-order valence-corrected chi connectivity index (χ3v) is 8.92. The van der Waals surface area contributed by atoms with Gasteiger partial charge < -0.3 is 0 Å². The van der Waals surface area contributed by atoms with E-state index in [0.29, 0.717) is 17.7 Å². The quantitative estimate of drug-likeness (QED) is 0.296. The summed E-state index contributed by atoms with van der Waals surface area (Å²) in [5.41, 5.74) is 0.913. The first-order valence-corrected chi connectivity index (χ1v) is 14.8. The maximum absolute atomic E-state index is 12.8. The van der Waals surface area contributed by atoms with Crippen molar-refractivity contribution < 1.29 is 16.8 Å². The van der Waals surface area contributed by atoms with Crippen LogP contribution in [-0.4, -0.2) is 22.6 Å². The number of para-hydroxylation sites is 1. The monoisotopic (exact) mass is 479 g/mol. The van der Waals surface area contributed by atoms with E-state index in [1.54, 1.807) is 37.3 Å². The summed E-state index contributed by atoms with van der Waals surface area (Å²) in [4.78, 5) is 0.267. The van der Waals surface area contributed by atoms with Gasteiger partial charge in [-0.05, 0) is 49.2 Å². The zero-order chi connectivity index (χ0) is 23.5. The molecule has 0 atom stereocenters. The van der Waals surface area contributed by atoms with Crippen molar-refractivity contribution in [2.75, 3.05) is 10.5 Å². The smallest absolute Gasteiger partial charge is 0.261 e. The summed E-state index contributed by atoms with van der Waals surface area (Å²) >= 11 is 0. The van der Waals surface area contributed by atoms with Gasteiger partial charge in [0.15, 0.2) is 9.84 Å². The fraction of sp³-hybridized carbons (Fsp3) is 0.520. The normalized spacial score (nSPS) is 12.1. The molecule has 7 heteroatoms. The number of anilines is 1. The van der Waals surface area contributed by atoms with Crippen LogP contribution < -0.4 is 4.72 Å². The summed E-state index contributed by atoms with van der Waals surface area (Å²) in [5, 5.41) is 0. The number of benzene rings is 2. The van der Waals surface area contributed by atoms with Gasteiger partial charge in [-0.15, -0.1) is 0 Å². The largest absolute Gasteiger partial charge is 0.280 e. The Balaban J connectivity index is 1.86. The van der Waals surface area contributed by atoms with Crippen LogP contribution in [0.1, 0.15) is 76.7 Å². The van der Waals surface area contributed by atoms with Gasteiger partial charge in [0.05, 0.1) is 15.5 Å². The van der Waals surface area contributed by atoms with Gasteiger partial charge in [-0.2, -0.15) is 0 Å². The fourth-order valence-electron chi connectivity index (χ4n) is 3.75. The lowest BCUT2D eigenvalue weighted by atomic mass is 10.1. The average Bonchev–Trinajstić information content (AvgIpc) is 2.75. The van der Waals surface area contributed by atoms with E-state index < -0.39 is 19.9 Å². The van der Waals surface area contributed by atoms with E-state index >= 15 is 0 Å². The summed E-state index contributed by atoms with van der Waals surface area (Å²) < 4.78 is 53.3. The maximum atomic E-state index is 12.8. The third kappa shape index (κ3) is 8.58. The maximum Gasteiger partial charge on any atom is 0.261 e. The van der Waals surface area contributed by atoms with Gasteiger partial charge in [-0.1, -0.05) is 82.9 Å². The highest BCUT2D eigenvalue weighted by Gasteiger charge is 2.20. The average molecular weight is 480 g/mol. The SMILES string of the molecule is CCCCCCCCCCCCS(=O)(=O)c1ccc(S(=O)(=O)Nc2ccccc2)cc1C. The molecule has 0 bridgehead atoms. The Hall–Kier alpha value is -1.86. The first-order valence-electron chi connectivity index (χ1n) is 11.7. The van der Waals surface area contributed by atoms with Gasteiger partial charge in [0.25, 0.3) is 10.0 Å². The minimum atomic E-state index is -3.78. The molecule has 0 saturated heterocycles. The minimum absolute atomic E-state index is 0.0525. The van der Waals surface area contributed by atoms with Gasteiger partial charge in [-0.25, -0.2) is 16.8 Å². The Kier molecular flexibility index (Phi) is 10.7. The van der Waals surface area contributed by atoms with Crippen LogP contribution in [0.25, 0.3) is 0 Å². The lowest BCUT2D eigenvalue weighted by molar-refractivity contribution is 0.557. The number of aryl methyl sites for hydroxylation is 1. The highest BCUT2D eigenvalue weighted by molar-refractivity contribution is 7.92. The molecule has 0 aliphatic heterocycles. The van der Waals surface area contributed by atoms with Gasteiger partial charge in [0.2, 0.25) is 0 Å². The van der Waals surface area contributed by atoms with Crippen molar-refractivity contribution in [3.8, 4) is 0 Å². The van der Waals surface area contributed by atoms with Gasteiger partial charge >= 0.3 is 0 Å². The van der Waals surface area contributed by atoms with E-state index in [2.05, 4.69) is 11.6 Å². The Bertz CT molecular complexity index is 1030. The van der Waals surface area contributed by atoms with Crippen LogP contribution >= 0.6 is 0 Å². The second-order valence-corrected chi connectivity index (χ2v) is 12.2. The van der Waals surface area contributed by atoms with Crippen molar-refractivity contribution >= 4 is 25.5 Å². The second kappa shape index (κ2) is 13.0. The van der Waals surface area contributed by atoms with E-state index in [9.17, 15) is 16.8 Å². The summed E-state index contributed by atoms with van der Waals surface area (Å²) in [6.07, 6.45) is 11.4. The molecule has 2 rings (SSSR count). The molecule has 32 heavy (non-hydrogen) atoms. The number of hydrogen-bond donors (Lipinski definition) is 1. The summed E-state index contributed by atoms with van der Waals surface area (Å²) in [6.45, 7) is 3.86. The molecule has 2 aromatic carbocycles. The number of rotatable bonds is 15. The number of sulfonamides is 1. The van der Waals surface area contributed by atoms with Gasteiger partial charge in [-0.3, -0.25) is 4.72 Å². The lowest BCUT2D eigenvalue weighted by Gasteiger charge is -2.12. The van der Waals surface area contributed by atoms with Crippen molar-refractivity contribution in [1.82, 2.24) is 0 Å². The van der Waals surface area contributed by atoms with Crippen LogP contribution in [0, 0.1) is 6.92 Å². The van der Waals surface area contributed by atoms with Crippen LogP contribution in [0.2, 0.25) is 0 Å². The summed E-state index contributed by atoms with van der Waals surface area (Å²) in [5.74, 6) is 0.0959. The topological polar surface area (TPSA) is 80.3 Å². The molecule has 0 radical (unpaired) electrons. The van der Waals surface area contributed by atoms with E-state index in [0.717, 1.165) is 19.3 Å². The molecule has 0 amide bonds. The lowest BCUT2D eigenvalue weighted by Crippen LogP contribution is -2.14. The molecule has 5 nitrogen and oxygen atoms in total. The highest BCUT2D eigenvalue weighted by Crippen LogP contribution is 2.23. The molecule has 0 aliphatic rings. The summed E-state index contributed by atoms with van der Waals surface area (Å²) in [7, 11) is -7.22. The molecule has 2 aromatic rings. The molecule has 0 heterocycles. The Morgan fingerprint density at radius 2 is 1.28 bits per heavy atom. The highest BCUT2D eigenvalue weighted by atomic mass is 32.2. The fourth-order valence-corrected chi connectivity index (χ4v) is 6.52. The Morgan fingerprint density at radius 3 is 1.84 bits per heavy atom. The Morgan fingerprint density at radius 1 is 0.719 bits per heavy atom. The predicted octanol–water partition coefficient (Wildman–Crippen LogP) is 6.49. The van der Waals surface area contributed by atoms with Crippen molar-refractivity contribution in [2.24, 2.45) is 0 Å². The Labute approximate surface area is 194 Å². The molecular formula is C25H37NO4S2. The van der Waals surface area contributed by atoms with Crippen molar-refractivity contribution in [1.29, 1.82) is 0 Å². The van der Waals surface area contributed by atoms with Gasteiger partial charge in [0.1, 0.15) is 0 Å². The van der Waals surface area contributed by atoms with E-state index in [1.165, 1.54) is 56.7 Å². The first-order chi connectivity index (χ1) is 15.3. The van der Waals surface area contributed by atoms with E-state index in [-0.39, 0.29) is 15.5 Å². The number of sulfone groups is 1. The third-order valence-electron chi connectivity index (χ3n) is 5.58. The summed E-state index contributed by atoms with van der Waals surface area (Å²) in [6, 6.07) is 12.8. The predicted molar refractivity (Wildman–Crippen MR) is 132 cm³/mol.